The van der Waals surface area contributed by atoms with Crippen LogP contribution in [0.15, 0.2) is 0 Å². The van der Waals surface area contributed by atoms with Gasteiger partial charge in [0, 0.05) is 53.8 Å². The largest absolute Gasteiger partial charge is 0.358 e. The minimum absolute atomic E-state index is 0. The molecule has 0 aliphatic rings. The van der Waals surface area contributed by atoms with Gasteiger partial charge in [-0.25, -0.2) is 0 Å². The second-order valence-corrected chi connectivity index (χ2v) is 0.702. The molecule has 0 aromatic rings. The molecule has 0 spiro atoms. The topological polar surface area (TPSA) is 17.1 Å². The van der Waals surface area contributed by atoms with Crippen molar-refractivity contribution < 1.29 is 58.6 Å². The van der Waals surface area contributed by atoms with Gasteiger partial charge in [0.25, 0.3) is 0 Å². The van der Waals surface area contributed by atoms with Gasteiger partial charge in [-0.05, 0) is 12.7 Å². The quantitative estimate of drug-likeness (QED) is 0.596. The molecule has 0 aromatic heterocycles. The van der Waals surface area contributed by atoms with Crippen LogP contribution in [0, 0.1) is 14.4 Å². The number of hydrogen-bond acceptors (Lipinski definition) is 1. The van der Waals surface area contributed by atoms with Crippen molar-refractivity contribution in [1.29, 1.82) is 0 Å². The summed E-state index contributed by atoms with van der Waals surface area (Å²) < 4.78 is 0. The number of ketones is 1. The molecule has 0 unspecified atom stereocenters. The Morgan fingerprint density at radius 3 is 1.57 bits per heavy atom. The Labute approximate surface area is 84.8 Å². The van der Waals surface area contributed by atoms with Gasteiger partial charge in [0.2, 0.25) is 0 Å². The van der Waals surface area contributed by atoms with Crippen LogP contribution in [0.5, 0.6) is 0 Å². The SMILES string of the molecule is [CH2-]C(C)=O.[CH3-].[W].[Y]. The maximum atomic E-state index is 9.33. The molecule has 7 heavy (non-hydrogen) atoms. The van der Waals surface area contributed by atoms with Crippen molar-refractivity contribution in [2.75, 3.05) is 0 Å². The van der Waals surface area contributed by atoms with E-state index in [4.69, 9.17) is 0 Å². The third-order valence-corrected chi connectivity index (χ3v) is 0. The third kappa shape index (κ3) is 117. The molecule has 0 aliphatic carbocycles. The summed E-state index contributed by atoms with van der Waals surface area (Å²) in [7, 11) is 0. The van der Waals surface area contributed by atoms with E-state index in [2.05, 4.69) is 6.92 Å². The standard InChI is InChI=1S/C3H5O.CH3.W.Y/c1-3(2)4;;;/h1H2,2H3;1H3;;/q2*-1;;. The van der Waals surface area contributed by atoms with Crippen LogP contribution >= 0.6 is 0 Å². The summed E-state index contributed by atoms with van der Waals surface area (Å²) in [5.74, 6) is -0.0833. The summed E-state index contributed by atoms with van der Waals surface area (Å²) in [6.45, 7) is 4.42. The zero-order chi connectivity index (χ0) is 3.58. The number of carbonyl (C=O) groups excluding carboxylic acids is 1. The number of rotatable bonds is 0. The Bertz CT molecular complexity index is 34.7. The molecule has 0 aromatic carbocycles. The van der Waals surface area contributed by atoms with Crippen molar-refractivity contribution in [3.8, 4) is 0 Å². The molecular formula is C4H8OWY-2. The summed E-state index contributed by atoms with van der Waals surface area (Å²) in [6.07, 6.45) is 0. The van der Waals surface area contributed by atoms with Crippen LogP contribution in [0.25, 0.3) is 0 Å². The smallest absolute Gasteiger partial charge is 0 e. The molecule has 1 radical (unpaired) electrons. The molecule has 0 saturated carbocycles. The van der Waals surface area contributed by atoms with Crippen molar-refractivity contribution in [2.45, 2.75) is 6.92 Å². The summed E-state index contributed by atoms with van der Waals surface area (Å²) in [4.78, 5) is 9.33. The fraction of sp³-hybridized carbons (Fsp3) is 0.250. The maximum absolute atomic E-state index is 9.33. The van der Waals surface area contributed by atoms with Crippen molar-refractivity contribution in [1.82, 2.24) is 0 Å². The van der Waals surface area contributed by atoms with E-state index in [-0.39, 0.29) is 67.0 Å². The van der Waals surface area contributed by atoms with Gasteiger partial charge < -0.3 is 19.1 Å². The van der Waals surface area contributed by atoms with Crippen LogP contribution in [0.4, 0.5) is 0 Å². The first-order valence-electron chi connectivity index (χ1n) is 1.06. The van der Waals surface area contributed by atoms with Gasteiger partial charge in [0.05, 0.1) is 0 Å². The zero-order valence-electron chi connectivity index (χ0n) is 4.60. The summed E-state index contributed by atoms with van der Waals surface area (Å²) in [5.41, 5.74) is 0. The monoisotopic (exact) mass is 345 g/mol. The molecule has 0 aliphatic heterocycles. The number of hydrogen-bond donors (Lipinski definition) is 0. The normalized spacial score (nSPS) is 3.57. The maximum Gasteiger partial charge on any atom is 0 e. The van der Waals surface area contributed by atoms with Crippen LogP contribution in [0.1, 0.15) is 6.92 Å². The first kappa shape index (κ1) is 23.9. The summed E-state index contributed by atoms with van der Waals surface area (Å²) >= 11 is 0. The van der Waals surface area contributed by atoms with Gasteiger partial charge in [-0.2, -0.15) is 0 Å². The Balaban J connectivity index is -0.0000000150. The molecule has 3 heteroatoms. The van der Waals surface area contributed by atoms with E-state index >= 15 is 0 Å². The second kappa shape index (κ2) is 15.7. The van der Waals surface area contributed by atoms with E-state index in [0.717, 1.165) is 0 Å². The fourth-order valence-corrected chi connectivity index (χ4v) is 0. The summed E-state index contributed by atoms with van der Waals surface area (Å²) in [6, 6.07) is 0. The van der Waals surface area contributed by atoms with Gasteiger partial charge in [-0.1, -0.05) is 0 Å². The molecule has 0 atom stereocenters. The average Bonchev–Trinajstić information content (AvgIpc) is 0.811. The van der Waals surface area contributed by atoms with Gasteiger partial charge in [-0.3, -0.25) is 0 Å². The van der Waals surface area contributed by atoms with E-state index in [9.17, 15) is 4.79 Å². The van der Waals surface area contributed by atoms with Crippen molar-refractivity contribution in [3.63, 3.8) is 0 Å². The van der Waals surface area contributed by atoms with Crippen LogP contribution in [0.2, 0.25) is 0 Å². The molecule has 0 amide bonds. The van der Waals surface area contributed by atoms with Gasteiger partial charge >= 0.3 is 0 Å². The van der Waals surface area contributed by atoms with Gasteiger partial charge in [0.15, 0.2) is 0 Å². The first-order valence-corrected chi connectivity index (χ1v) is 1.06. The molecular weight excluding hydrogens is 337 g/mol. The molecule has 0 saturated heterocycles. The van der Waals surface area contributed by atoms with Crippen molar-refractivity contribution >= 4 is 5.78 Å². The summed E-state index contributed by atoms with van der Waals surface area (Å²) in [5, 5.41) is 0. The molecule has 0 N–H and O–H groups in total. The Kier molecular flexibility index (Phi) is 53.4. The van der Waals surface area contributed by atoms with E-state index in [1.807, 2.05) is 0 Å². The Morgan fingerprint density at radius 2 is 1.57 bits per heavy atom. The minimum atomic E-state index is -0.0833. The Hall–Kier alpha value is 1.33. The predicted octanol–water partition coefficient (Wildman–Crippen LogP) is 0.855. The molecule has 41 valence electrons. The average molecular weight is 345 g/mol. The van der Waals surface area contributed by atoms with Crippen molar-refractivity contribution in [2.24, 2.45) is 0 Å². The van der Waals surface area contributed by atoms with Gasteiger partial charge in [0.1, 0.15) is 0 Å². The van der Waals surface area contributed by atoms with E-state index in [1.54, 1.807) is 0 Å². The third-order valence-electron chi connectivity index (χ3n) is 0. The molecule has 0 rings (SSSR count). The van der Waals surface area contributed by atoms with E-state index < -0.39 is 0 Å². The predicted molar refractivity (Wildman–Crippen MR) is 22.5 cm³/mol. The van der Waals surface area contributed by atoms with Crippen LogP contribution in [-0.2, 0) is 58.6 Å². The van der Waals surface area contributed by atoms with Gasteiger partial charge in [-0.15, -0.1) is 0 Å². The van der Waals surface area contributed by atoms with Crippen LogP contribution < -0.4 is 0 Å². The van der Waals surface area contributed by atoms with Crippen molar-refractivity contribution in [3.05, 3.63) is 14.4 Å². The molecule has 0 bridgehead atoms. The van der Waals surface area contributed by atoms with E-state index in [1.165, 1.54) is 6.92 Å². The minimum Gasteiger partial charge on any atom is -0.358 e. The first-order chi connectivity index (χ1) is 1.73. The fourth-order valence-electron chi connectivity index (χ4n) is 0. The molecule has 0 fully saturated rings. The molecule has 1 nitrogen and oxygen atoms in total. The molecule has 0 heterocycles. The zero-order valence-corrected chi connectivity index (χ0v) is 10.4. The number of Topliss-reactive ketones (excluding diaryl/α,β-unsaturated/α-hetero) is 1. The van der Waals surface area contributed by atoms with Crippen LogP contribution in [-0.4, -0.2) is 5.78 Å². The number of carbonyl (C=O) groups is 1. The van der Waals surface area contributed by atoms with Crippen LogP contribution in [0.3, 0.4) is 0 Å². The Morgan fingerprint density at radius 1 is 1.57 bits per heavy atom. The van der Waals surface area contributed by atoms with E-state index in [0.29, 0.717) is 0 Å². The second-order valence-electron chi connectivity index (χ2n) is 0.702.